The van der Waals surface area contributed by atoms with E-state index in [0.717, 1.165) is 10.9 Å². The fourth-order valence-corrected chi connectivity index (χ4v) is 3.41. The Kier molecular flexibility index (Phi) is 3.66. The van der Waals surface area contributed by atoms with E-state index in [1.807, 2.05) is 30.3 Å². The molecule has 1 atom stereocenters. The zero-order valence-corrected chi connectivity index (χ0v) is 12.8. The first-order valence-electron chi connectivity index (χ1n) is 6.32. The number of halogens is 1. The molecule has 3 nitrogen and oxygen atoms in total. The van der Waals surface area contributed by atoms with Crippen molar-refractivity contribution in [1.29, 1.82) is 0 Å². The van der Waals surface area contributed by atoms with Gasteiger partial charge in [-0.05, 0) is 23.8 Å². The maximum atomic E-state index is 12.3. The molecular weight excluding hydrogens is 306 g/mol. The highest BCUT2D eigenvalue weighted by molar-refractivity contribution is 7.84. The van der Waals surface area contributed by atoms with E-state index in [0.29, 0.717) is 16.1 Å². The average Bonchev–Trinajstić information content (AvgIpc) is 2.47. The molecule has 1 aromatic heterocycles. The summed E-state index contributed by atoms with van der Waals surface area (Å²) in [5, 5.41) is 1.36. The summed E-state index contributed by atoms with van der Waals surface area (Å²) in [6, 6.07) is 14.7. The van der Waals surface area contributed by atoms with Crippen molar-refractivity contribution in [2.75, 3.05) is 6.26 Å². The van der Waals surface area contributed by atoms with Crippen molar-refractivity contribution in [2.24, 2.45) is 0 Å². The van der Waals surface area contributed by atoms with Crippen LogP contribution in [0.4, 0.5) is 0 Å². The van der Waals surface area contributed by atoms with E-state index in [9.17, 15) is 9.00 Å². The Morgan fingerprint density at radius 3 is 2.48 bits per heavy atom. The van der Waals surface area contributed by atoms with Crippen molar-refractivity contribution in [1.82, 2.24) is 4.98 Å². The minimum absolute atomic E-state index is 0.274. The largest absolute Gasteiger partial charge is 0.321 e. The van der Waals surface area contributed by atoms with Crippen molar-refractivity contribution in [3.63, 3.8) is 0 Å². The molecule has 1 N–H and O–H groups in total. The van der Waals surface area contributed by atoms with Crippen molar-refractivity contribution < 1.29 is 4.21 Å². The zero-order valence-electron chi connectivity index (χ0n) is 11.2. The lowest BCUT2D eigenvalue weighted by Crippen LogP contribution is -2.15. The summed E-state index contributed by atoms with van der Waals surface area (Å²) in [6.45, 7) is 0. The molecule has 0 aliphatic carbocycles. The van der Waals surface area contributed by atoms with Gasteiger partial charge in [0.25, 0.3) is 5.56 Å². The van der Waals surface area contributed by atoms with Crippen LogP contribution in [0.5, 0.6) is 0 Å². The molecule has 0 aliphatic rings. The lowest BCUT2D eigenvalue weighted by Gasteiger charge is -2.11. The van der Waals surface area contributed by atoms with Gasteiger partial charge in [0.1, 0.15) is 4.90 Å². The Labute approximate surface area is 129 Å². The van der Waals surface area contributed by atoms with Gasteiger partial charge in [0.15, 0.2) is 0 Å². The van der Waals surface area contributed by atoms with Crippen LogP contribution in [0.2, 0.25) is 5.02 Å². The number of hydrogen-bond donors (Lipinski definition) is 1. The first-order chi connectivity index (χ1) is 10.1. The Hall–Kier alpha value is -1.91. The molecule has 21 heavy (non-hydrogen) atoms. The third kappa shape index (κ3) is 2.52. The number of pyridine rings is 1. The number of H-pyrrole nitrogens is 1. The molecule has 0 spiro atoms. The standard InChI is InChI=1S/C16H12ClNO2S/c1-21(20)15-14(10-5-3-2-4-6-10)12-9-11(17)7-8-13(12)18-16(15)19/h2-9H,1H3,(H,18,19). The van der Waals surface area contributed by atoms with Crippen LogP contribution in [0.1, 0.15) is 0 Å². The first kappa shape index (κ1) is 14.0. The highest BCUT2D eigenvalue weighted by Crippen LogP contribution is 2.32. The maximum absolute atomic E-state index is 12.3. The van der Waals surface area contributed by atoms with E-state index < -0.39 is 10.8 Å². The second-order valence-corrected chi connectivity index (χ2v) is 6.42. The Bertz CT molecular complexity index is 903. The molecule has 0 radical (unpaired) electrons. The monoisotopic (exact) mass is 317 g/mol. The van der Waals surface area contributed by atoms with E-state index in [1.54, 1.807) is 18.2 Å². The van der Waals surface area contributed by atoms with Crippen LogP contribution in [0.15, 0.2) is 58.2 Å². The lowest BCUT2D eigenvalue weighted by molar-refractivity contribution is 0.686. The average molecular weight is 318 g/mol. The van der Waals surface area contributed by atoms with Crippen molar-refractivity contribution in [3.05, 3.63) is 63.9 Å². The van der Waals surface area contributed by atoms with Gasteiger partial charge in [-0.25, -0.2) is 0 Å². The Morgan fingerprint density at radius 2 is 1.81 bits per heavy atom. The molecule has 106 valence electrons. The van der Waals surface area contributed by atoms with Crippen LogP contribution >= 0.6 is 11.6 Å². The van der Waals surface area contributed by atoms with Crippen molar-refractivity contribution in [3.8, 4) is 11.1 Å². The number of nitrogens with one attached hydrogen (secondary N) is 1. The highest BCUT2D eigenvalue weighted by Gasteiger charge is 2.17. The molecule has 0 fully saturated rings. The molecule has 0 amide bonds. The minimum atomic E-state index is -1.40. The molecule has 1 unspecified atom stereocenters. The molecular formula is C16H12ClNO2S. The SMILES string of the molecule is CS(=O)c1c(-c2ccccc2)c2cc(Cl)ccc2[nH]c1=O. The van der Waals surface area contributed by atoms with Gasteiger partial charge in [-0.1, -0.05) is 41.9 Å². The van der Waals surface area contributed by atoms with Gasteiger partial charge >= 0.3 is 0 Å². The number of aromatic nitrogens is 1. The quantitative estimate of drug-likeness (QED) is 0.785. The van der Waals surface area contributed by atoms with Crippen LogP contribution in [0.25, 0.3) is 22.0 Å². The fraction of sp³-hybridized carbons (Fsp3) is 0.0625. The van der Waals surface area contributed by atoms with Crippen LogP contribution in [0.3, 0.4) is 0 Å². The summed E-state index contributed by atoms with van der Waals surface area (Å²) in [7, 11) is -1.40. The van der Waals surface area contributed by atoms with Crippen LogP contribution in [0, 0.1) is 0 Å². The van der Waals surface area contributed by atoms with Gasteiger partial charge in [-0.15, -0.1) is 0 Å². The predicted molar refractivity (Wildman–Crippen MR) is 87.3 cm³/mol. The Morgan fingerprint density at radius 1 is 1.10 bits per heavy atom. The molecule has 0 bridgehead atoms. The summed E-state index contributed by atoms with van der Waals surface area (Å²) in [5.74, 6) is 0. The second kappa shape index (κ2) is 5.47. The number of fused-ring (bicyclic) bond motifs is 1. The molecule has 3 aromatic rings. The third-order valence-electron chi connectivity index (χ3n) is 3.28. The molecule has 0 saturated carbocycles. The molecule has 3 rings (SSSR count). The van der Waals surface area contributed by atoms with Crippen molar-refractivity contribution in [2.45, 2.75) is 4.90 Å². The van der Waals surface area contributed by atoms with E-state index in [4.69, 9.17) is 11.6 Å². The number of benzene rings is 2. The van der Waals surface area contributed by atoms with Crippen molar-refractivity contribution >= 4 is 33.3 Å². The third-order valence-corrected chi connectivity index (χ3v) is 4.48. The molecule has 0 aliphatic heterocycles. The summed E-state index contributed by atoms with van der Waals surface area (Å²) >= 11 is 6.08. The number of hydrogen-bond acceptors (Lipinski definition) is 2. The number of rotatable bonds is 2. The summed E-state index contributed by atoms with van der Waals surface area (Å²) in [6.07, 6.45) is 1.51. The van der Waals surface area contributed by atoms with Gasteiger partial charge < -0.3 is 4.98 Å². The maximum Gasteiger partial charge on any atom is 0.265 e. The van der Waals surface area contributed by atoms with Crippen LogP contribution < -0.4 is 5.56 Å². The summed E-state index contributed by atoms with van der Waals surface area (Å²) in [4.78, 5) is 15.3. The minimum Gasteiger partial charge on any atom is -0.321 e. The number of aromatic amines is 1. The first-order valence-corrected chi connectivity index (χ1v) is 8.26. The van der Waals surface area contributed by atoms with E-state index in [2.05, 4.69) is 4.98 Å². The normalized spacial score (nSPS) is 12.5. The predicted octanol–water partition coefficient (Wildman–Crippen LogP) is 3.59. The zero-order chi connectivity index (χ0) is 15.0. The Balaban J connectivity index is 2.53. The smallest absolute Gasteiger partial charge is 0.265 e. The molecule has 5 heteroatoms. The topological polar surface area (TPSA) is 49.9 Å². The summed E-state index contributed by atoms with van der Waals surface area (Å²) < 4.78 is 12.0. The van der Waals surface area contributed by atoms with Crippen LogP contribution in [-0.4, -0.2) is 15.4 Å². The van der Waals surface area contributed by atoms with Gasteiger partial charge in [-0.3, -0.25) is 9.00 Å². The van der Waals surface area contributed by atoms with E-state index in [-0.39, 0.29) is 10.5 Å². The summed E-state index contributed by atoms with van der Waals surface area (Å²) in [5.41, 5.74) is 1.88. The van der Waals surface area contributed by atoms with Gasteiger partial charge in [0.2, 0.25) is 0 Å². The second-order valence-electron chi connectivity index (χ2n) is 4.67. The lowest BCUT2D eigenvalue weighted by atomic mass is 10.0. The van der Waals surface area contributed by atoms with E-state index >= 15 is 0 Å². The molecule has 1 heterocycles. The van der Waals surface area contributed by atoms with Crippen LogP contribution in [-0.2, 0) is 10.8 Å². The molecule has 0 saturated heterocycles. The van der Waals surface area contributed by atoms with Gasteiger partial charge in [0.05, 0.1) is 10.8 Å². The van der Waals surface area contributed by atoms with E-state index in [1.165, 1.54) is 6.26 Å². The van der Waals surface area contributed by atoms with Gasteiger partial charge in [-0.2, -0.15) is 0 Å². The highest BCUT2D eigenvalue weighted by atomic mass is 35.5. The van der Waals surface area contributed by atoms with Gasteiger partial charge in [0, 0.05) is 27.7 Å². The molecule has 2 aromatic carbocycles. The fourth-order valence-electron chi connectivity index (χ4n) is 2.41.